The molecule has 0 aromatic carbocycles. The molecule has 11 heteroatoms. The number of carbonyl (C=O) groups is 2. The number of hydrogen-bond acceptors (Lipinski definition) is 9. The Morgan fingerprint density at radius 3 is 2.70 bits per heavy atom. The number of nitrogens with one attached hydrogen (secondary N) is 1. The quantitative estimate of drug-likeness (QED) is 0.123. The molecule has 0 saturated heterocycles. The molecular weight excluding hydrogens is 464 g/mol. The predicted octanol–water partition coefficient (Wildman–Crippen LogP) is 4.14. The number of aliphatic imine (C=N–C) groups is 1. The molecule has 0 radical (unpaired) electrons. The Balaban J connectivity index is 2.38. The van der Waals surface area contributed by atoms with Gasteiger partial charge >= 0.3 is 5.97 Å². The van der Waals surface area contributed by atoms with Crippen LogP contribution in [0.2, 0.25) is 5.28 Å². The Kier molecular flexibility index (Phi) is 10.5. The van der Waals surface area contributed by atoms with Gasteiger partial charge in [0.05, 0.1) is 12.2 Å². The second-order valence-electron chi connectivity index (χ2n) is 7.15. The highest BCUT2D eigenvalue weighted by atomic mass is 35.5. The van der Waals surface area contributed by atoms with Crippen LogP contribution < -0.4 is 10.2 Å². The molecule has 0 aliphatic heterocycles. The van der Waals surface area contributed by atoms with E-state index < -0.39 is 5.97 Å². The summed E-state index contributed by atoms with van der Waals surface area (Å²) in [5, 5.41) is 3.02. The molecule has 33 heavy (non-hydrogen) atoms. The molecule has 0 aliphatic carbocycles. The maximum absolute atomic E-state index is 11.8. The van der Waals surface area contributed by atoms with Crippen molar-refractivity contribution in [2.75, 3.05) is 23.0 Å². The number of carbonyl (C=O) groups excluding carboxylic acids is 2. The minimum Gasteiger partial charge on any atom is -0.459 e. The van der Waals surface area contributed by atoms with Gasteiger partial charge in [0, 0.05) is 31.1 Å². The summed E-state index contributed by atoms with van der Waals surface area (Å²) in [7, 11) is 1.87. The molecule has 1 N–H and O–H groups in total. The van der Waals surface area contributed by atoms with Gasteiger partial charge in [0.15, 0.2) is 17.9 Å². The Morgan fingerprint density at radius 1 is 1.36 bits per heavy atom. The van der Waals surface area contributed by atoms with E-state index in [1.165, 1.54) is 6.92 Å². The van der Waals surface area contributed by atoms with Gasteiger partial charge in [0.2, 0.25) is 5.28 Å². The fourth-order valence-corrected chi connectivity index (χ4v) is 3.57. The number of thioether (sulfide) groups is 1. The van der Waals surface area contributed by atoms with Crippen molar-refractivity contribution in [2.24, 2.45) is 4.99 Å². The number of rotatable bonds is 11. The molecule has 0 amide bonds. The molecule has 0 aliphatic rings. The van der Waals surface area contributed by atoms with Crippen molar-refractivity contribution in [3.63, 3.8) is 0 Å². The van der Waals surface area contributed by atoms with E-state index in [1.54, 1.807) is 18.0 Å². The van der Waals surface area contributed by atoms with Crippen LogP contribution in [0.1, 0.15) is 45.5 Å². The number of aldehydes is 1. The number of aromatic nitrogens is 3. The molecule has 0 saturated carbocycles. The first-order valence-electron chi connectivity index (χ1n) is 10.6. The van der Waals surface area contributed by atoms with E-state index in [9.17, 15) is 9.59 Å². The van der Waals surface area contributed by atoms with Crippen molar-refractivity contribution in [1.29, 1.82) is 0 Å². The van der Waals surface area contributed by atoms with Gasteiger partial charge < -0.3 is 15.0 Å². The average Bonchev–Trinajstić information content (AvgIpc) is 2.81. The van der Waals surface area contributed by atoms with Crippen LogP contribution >= 0.6 is 23.4 Å². The fourth-order valence-electron chi connectivity index (χ4n) is 2.76. The van der Waals surface area contributed by atoms with E-state index in [0.717, 1.165) is 22.8 Å². The van der Waals surface area contributed by atoms with Crippen molar-refractivity contribution < 1.29 is 14.3 Å². The number of halogens is 1. The summed E-state index contributed by atoms with van der Waals surface area (Å²) < 4.78 is 5.13. The van der Waals surface area contributed by atoms with Gasteiger partial charge in [-0.3, -0.25) is 19.6 Å². The second-order valence-corrected chi connectivity index (χ2v) is 8.82. The smallest absolute Gasteiger partial charge is 0.303 e. The summed E-state index contributed by atoms with van der Waals surface area (Å²) in [4.78, 5) is 43.5. The molecule has 2 aromatic rings. The molecule has 2 heterocycles. The number of hydrogen-bond donors (Lipinski definition) is 1. The van der Waals surface area contributed by atoms with Gasteiger partial charge in [-0.25, -0.2) is 4.98 Å². The zero-order valence-corrected chi connectivity index (χ0v) is 21.0. The van der Waals surface area contributed by atoms with E-state index in [2.05, 4.69) is 32.2 Å². The number of ether oxygens (including phenoxy) is 1. The van der Waals surface area contributed by atoms with Crippen LogP contribution in [0.15, 0.2) is 28.2 Å². The fraction of sp³-hybridized carbons (Fsp3) is 0.455. The lowest BCUT2D eigenvalue weighted by atomic mass is 10.2. The third-order valence-corrected chi connectivity index (χ3v) is 5.85. The first kappa shape index (κ1) is 26.5. The summed E-state index contributed by atoms with van der Waals surface area (Å²) in [5.74, 6) is 1.04. The van der Waals surface area contributed by atoms with Crippen LogP contribution in [0.3, 0.4) is 0 Å². The average molecular weight is 493 g/mol. The summed E-state index contributed by atoms with van der Waals surface area (Å²) in [5.41, 5.74) is 1.46. The van der Waals surface area contributed by atoms with Crippen LogP contribution in [-0.4, -0.2) is 51.9 Å². The van der Waals surface area contributed by atoms with Gasteiger partial charge in [-0.1, -0.05) is 13.8 Å². The van der Waals surface area contributed by atoms with Crippen LogP contribution in [-0.2, 0) is 27.5 Å². The minimum atomic E-state index is -0.465. The summed E-state index contributed by atoms with van der Waals surface area (Å²) >= 11 is 7.85. The summed E-state index contributed by atoms with van der Waals surface area (Å²) in [6, 6.07) is 3.98. The van der Waals surface area contributed by atoms with E-state index in [-0.39, 0.29) is 30.3 Å². The predicted molar refractivity (Wildman–Crippen MR) is 132 cm³/mol. The normalized spacial score (nSPS) is 12.2. The number of anilines is 2. The highest BCUT2D eigenvalue weighted by Gasteiger charge is 2.21. The number of esters is 1. The van der Waals surface area contributed by atoms with Crippen molar-refractivity contribution in [3.8, 4) is 0 Å². The van der Waals surface area contributed by atoms with Gasteiger partial charge in [0.1, 0.15) is 18.0 Å². The third kappa shape index (κ3) is 7.97. The first-order chi connectivity index (χ1) is 15.8. The summed E-state index contributed by atoms with van der Waals surface area (Å²) in [6.45, 7) is 7.54. The molecule has 2 aromatic heterocycles. The van der Waals surface area contributed by atoms with Crippen LogP contribution in [0.4, 0.5) is 11.5 Å². The maximum atomic E-state index is 11.8. The largest absolute Gasteiger partial charge is 0.459 e. The lowest BCUT2D eigenvalue weighted by molar-refractivity contribution is -0.142. The molecule has 0 bridgehead atoms. The monoisotopic (exact) mass is 492 g/mol. The van der Waals surface area contributed by atoms with E-state index >= 15 is 0 Å². The Hall–Kier alpha value is -2.72. The third-order valence-electron chi connectivity index (χ3n) is 4.82. The number of nitrogens with zero attached hydrogens (tertiary/aromatic N) is 5. The van der Waals surface area contributed by atoms with Gasteiger partial charge in [0.25, 0.3) is 0 Å². The Morgan fingerprint density at radius 2 is 2.12 bits per heavy atom. The molecular formula is C22H29ClN6O3S. The van der Waals surface area contributed by atoms with E-state index in [0.29, 0.717) is 23.5 Å². The molecule has 0 unspecified atom stereocenters. The zero-order chi connectivity index (χ0) is 24.4. The topological polar surface area (TPSA) is 110 Å². The SMILES string of the molecule is CCSc1ccc(CN=C(C=O)Nc2c(COC(C)=O)nc(Cl)nc2N(C)[C@H](C)CC)nc1. The van der Waals surface area contributed by atoms with E-state index in [1.807, 2.05) is 37.9 Å². The highest BCUT2D eigenvalue weighted by molar-refractivity contribution is 7.99. The van der Waals surface area contributed by atoms with Crippen molar-refractivity contribution in [1.82, 2.24) is 15.0 Å². The van der Waals surface area contributed by atoms with Crippen LogP contribution in [0, 0.1) is 0 Å². The van der Waals surface area contributed by atoms with Crippen molar-refractivity contribution in [3.05, 3.63) is 35.0 Å². The lowest BCUT2D eigenvalue weighted by Gasteiger charge is -2.28. The Labute approximate surface area is 203 Å². The number of amidine groups is 1. The first-order valence-corrected chi connectivity index (χ1v) is 11.9. The lowest BCUT2D eigenvalue weighted by Crippen LogP contribution is -2.31. The zero-order valence-electron chi connectivity index (χ0n) is 19.5. The van der Waals surface area contributed by atoms with Crippen LogP contribution in [0.5, 0.6) is 0 Å². The minimum absolute atomic E-state index is 0.00619. The van der Waals surface area contributed by atoms with E-state index in [4.69, 9.17) is 16.3 Å². The Bertz CT molecular complexity index is 987. The summed E-state index contributed by atoms with van der Waals surface area (Å²) in [6.07, 6.45) is 3.25. The molecule has 9 nitrogen and oxygen atoms in total. The molecule has 0 fully saturated rings. The van der Waals surface area contributed by atoms with Crippen LogP contribution in [0.25, 0.3) is 0 Å². The molecule has 0 spiro atoms. The standard InChI is InChI=1S/C22H29ClN6O3S/c1-6-14(3)29(5)21-20(18(13-32-15(4)31)26-22(23)28-21)27-19(12-30)25-10-16-8-9-17(11-24-16)33-7-2/h8-9,11-12,14H,6-7,10,13H2,1-5H3,(H,25,27)/t14-/m1/s1. The molecule has 2 rings (SSSR count). The van der Waals surface area contributed by atoms with Gasteiger partial charge in [-0.15, -0.1) is 11.8 Å². The second kappa shape index (κ2) is 13.1. The van der Waals surface area contributed by atoms with Crippen molar-refractivity contribution in [2.45, 2.75) is 58.2 Å². The highest BCUT2D eigenvalue weighted by Crippen LogP contribution is 2.30. The van der Waals surface area contributed by atoms with Gasteiger partial charge in [-0.2, -0.15) is 4.98 Å². The molecule has 178 valence electrons. The number of pyridine rings is 1. The van der Waals surface area contributed by atoms with Crippen molar-refractivity contribution >= 4 is 53.0 Å². The van der Waals surface area contributed by atoms with Gasteiger partial charge in [-0.05, 0) is 42.8 Å². The molecule has 1 atom stereocenters. The maximum Gasteiger partial charge on any atom is 0.303 e.